The summed E-state index contributed by atoms with van der Waals surface area (Å²) in [6.45, 7) is -0.0110. The van der Waals surface area contributed by atoms with E-state index in [1.54, 1.807) is 0 Å². The van der Waals surface area contributed by atoms with Gasteiger partial charge in [0.1, 0.15) is 12.6 Å². The first kappa shape index (κ1) is 13.2. The fraction of sp³-hybridized carbons (Fsp3) is 0.857. The second kappa shape index (κ2) is 5.82. The molecule has 4 nitrogen and oxygen atoms in total. The van der Waals surface area contributed by atoms with Crippen LogP contribution in [-0.4, -0.2) is 43.1 Å². The van der Waals surface area contributed by atoms with E-state index < -0.39 is 24.8 Å². The van der Waals surface area contributed by atoms with Crippen LogP contribution in [0.15, 0.2) is 0 Å². The van der Waals surface area contributed by atoms with Crippen molar-refractivity contribution in [3.8, 4) is 0 Å². The molecule has 2 N–H and O–H groups in total. The molecule has 14 heavy (non-hydrogen) atoms. The molecule has 0 fully saturated rings. The monoisotopic (exact) mass is 215 g/mol. The lowest BCUT2D eigenvalue weighted by molar-refractivity contribution is -0.173. The van der Waals surface area contributed by atoms with Crippen LogP contribution in [0.1, 0.15) is 6.92 Å². The van der Waals surface area contributed by atoms with E-state index >= 15 is 0 Å². The van der Waals surface area contributed by atoms with E-state index in [1.165, 1.54) is 6.92 Å². The maximum atomic E-state index is 11.5. The molecule has 0 saturated carbocycles. The van der Waals surface area contributed by atoms with Crippen molar-refractivity contribution in [2.45, 2.75) is 19.1 Å². The highest BCUT2D eigenvalue weighted by Crippen LogP contribution is 2.13. The van der Waals surface area contributed by atoms with Crippen molar-refractivity contribution < 1.29 is 27.8 Å². The summed E-state index contributed by atoms with van der Waals surface area (Å²) in [5.74, 6) is -1.05. The van der Waals surface area contributed by atoms with Gasteiger partial charge in [0.25, 0.3) is 0 Å². The highest BCUT2D eigenvalue weighted by atomic mass is 19.4. The summed E-state index contributed by atoms with van der Waals surface area (Å²) in [7, 11) is 0. The standard InChI is InChI=1S/C7H12F3NO3/c1-5(6(12)13)11-2-3-14-4-7(8,9)10/h5,11H,2-4H2,1H3,(H,12,13)/t5-/m0/s1. The van der Waals surface area contributed by atoms with E-state index in [9.17, 15) is 18.0 Å². The van der Waals surface area contributed by atoms with Gasteiger partial charge in [0.15, 0.2) is 0 Å². The summed E-state index contributed by atoms with van der Waals surface area (Å²) >= 11 is 0. The molecule has 1 atom stereocenters. The van der Waals surface area contributed by atoms with Crippen molar-refractivity contribution in [1.82, 2.24) is 5.32 Å². The van der Waals surface area contributed by atoms with Crippen LogP contribution in [0.4, 0.5) is 13.2 Å². The molecule has 0 saturated heterocycles. The zero-order chi connectivity index (χ0) is 11.2. The Labute approximate surface area is 79.0 Å². The fourth-order valence-corrected chi connectivity index (χ4v) is 0.623. The Morgan fingerprint density at radius 2 is 2.14 bits per heavy atom. The molecule has 0 spiro atoms. The largest absolute Gasteiger partial charge is 0.480 e. The molecule has 0 unspecified atom stereocenters. The van der Waals surface area contributed by atoms with Gasteiger partial charge in [-0.05, 0) is 6.92 Å². The number of alkyl halides is 3. The highest BCUT2D eigenvalue weighted by molar-refractivity contribution is 5.72. The van der Waals surface area contributed by atoms with Crippen molar-refractivity contribution >= 4 is 5.97 Å². The first-order valence-electron chi connectivity index (χ1n) is 3.93. The zero-order valence-corrected chi connectivity index (χ0v) is 7.60. The molecule has 0 aromatic rings. The van der Waals surface area contributed by atoms with Gasteiger partial charge in [-0.25, -0.2) is 0 Å². The number of aliphatic carboxylic acids is 1. The maximum Gasteiger partial charge on any atom is 0.411 e. The van der Waals surface area contributed by atoms with Gasteiger partial charge >= 0.3 is 12.1 Å². The number of halogens is 3. The third-order valence-electron chi connectivity index (χ3n) is 1.33. The summed E-state index contributed by atoms with van der Waals surface area (Å²) in [5, 5.41) is 10.9. The molecule has 0 amide bonds. The van der Waals surface area contributed by atoms with E-state index in [-0.39, 0.29) is 13.2 Å². The molecule has 0 aliphatic heterocycles. The Morgan fingerprint density at radius 3 is 2.57 bits per heavy atom. The Morgan fingerprint density at radius 1 is 1.57 bits per heavy atom. The van der Waals surface area contributed by atoms with Crippen LogP contribution < -0.4 is 5.32 Å². The van der Waals surface area contributed by atoms with Crippen LogP contribution in [0, 0.1) is 0 Å². The average molecular weight is 215 g/mol. The third kappa shape index (κ3) is 7.81. The molecule has 0 heterocycles. The number of hydrogen-bond acceptors (Lipinski definition) is 3. The molecule has 0 rings (SSSR count). The Kier molecular flexibility index (Phi) is 5.47. The lowest BCUT2D eigenvalue weighted by Gasteiger charge is -2.10. The summed E-state index contributed by atoms with van der Waals surface area (Å²) < 4.78 is 38.8. The van der Waals surface area contributed by atoms with E-state index in [0.29, 0.717) is 0 Å². The predicted octanol–water partition coefficient (Wildman–Crippen LogP) is 0.628. The topological polar surface area (TPSA) is 58.6 Å². The minimum atomic E-state index is -4.33. The third-order valence-corrected chi connectivity index (χ3v) is 1.33. The Hall–Kier alpha value is -0.820. The number of rotatable bonds is 6. The quantitative estimate of drug-likeness (QED) is 0.638. The first-order valence-corrected chi connectivity index (χ1v) is 3.93. The number of carboxylic acid groups (broad SMARTS) is 1. The molecule has 0 aromatic carbocycles. The van der Waals surface area contributed by atoms with Gasteiger partial charge in [0.05, 0.1) is 6.61 Å². The van der Waals surface area contributed by atoms with Gasteiger partial charge in [-0.1, -0.05) is 0 Å². The number of nitrogens with one attached hydrogen (secondary N) is 1. The van der Waals surface area contributed by atoms with Crippen LogP contribution in [0.2, 0.25) is 0 Å². The minimum Gasteiger partial charge on any atom is -0.480 e. The smallest absolute Gasteiger partial charge is 0.411 e. The van der Waals surface area contributed by atoms with Gasteiger partial charge in [-0.2, -0.15) is 13.2 Å². The predicted molar refractivity (Wildman–Crippen MR) is 42.0 cm³/mol. The number of carboxylic acids is 1. The maximum absolute atomic E-state index is 11.5. The molecule has 0 aliphatic carbocycles. The van der Waals surface area contributed by atoms with Gasteiger partial charge in [-0.3, -0.25) is 4.79 Å². The second-order valence-electron chi connectivity index (χ2n) is 2.68. The van der Waals surface area contributed by atoms with Crippen LogP contribution in [0.5, 0.6) is 0 Å². The lowest BCUT2D eigenvalue weighted by Crippen LogP contribution is -2.36. The Balaban J connectivity index is 3.35. The molecule has 0 radical (unpaired) electrons. The van der Waals surface area contributed by atoms with E-state index in [0.717, 1.165) is 0 Å². The summed E-state index contributed by atoms with van der Waals surface area (Å²) in [6, 6.07) is -0.788. The van der Waals surface area contributed by atoms with Crippen LogP contribution in [0.25, 0.3) is 0 Å². The summed E-state index contributed by atoms with van der Waals surface area (Å²) in [5.41, 5.74) is 0. The molecule has 0 bridgehead atoms. The van der Waals surface area contributed by atoms with Crippen molar-refractivity contribution in [1.29, 1.82) is 0 Å². The second-order valence-corrected chi connectivity index (χ2v) is 2.68. The van der Waals surface area contributed by atoms with Crippen LogP contribution >= 0.6 is 0 Å². The van der Waals surface area contributed by atoms with E-state index in [1.807, 2.05) is 0 Å². The van der Waals surface area contributed by atoms with Crippen molar-refractivity contribution in [3.63, 3.8) is 0 Å². The lowest BCUT2D eigenvalue weighted by atomic mass is 10.3. The van der Waals surface area contributed by atoms with Crippen molar-refractivity contribution in [3.05, 3.63) is 0 Å². The molecule has 0 aliphatic rings. The number of ether oxygens (including phenoxy) is 1. The van der Waals surface area contributed by atoms with Crippen molar-refractivity contribution in [2.24, 2.45) is 0 Å². The number of hydrogen-bond donors (Lipinski definition) is 2. The average Bonchev–Trinajstić information content (AvgIpc) is 2.01. The zero-order valence-electron chi connectivity index (χ0n) is 7.60. The van der Waals surface area contributed by atoms with E-state index in [2.05, 4.69) is 10.1 Å². The fourth-order valence-electron chi connectivity index (χ4n) is 0.623. The molecular formula is C7H12F3NO3. The normalized spacial score (nSPS) is 14.0. The molecule has 7 heteroatoms. The van der Waals surface area contributed by atoms with Crippen LogP contribution in [0.3, 0.4) is 0 Å². The molecule has 84 valence electrons. The number of carbonyl (C=O) groups is 1. The van der Waals surface area contributed by atoms with E-state index in [4.69, 9.17) is 5.11 Å². The molecule has 0 aromatic heterocycles. The Bertz CT molecular complexity index is 184. The van der Waals surface area contributed by atoms with Gasteiger partial charge in [0, 0.05) is 6.54 Å². The van der Waals surface area contributed by atoms with Crippen LogP contribution in [-0.2, 0) is 9.53 Å². The van der Waals surface area contributed by atoms with Gasteiger partial charge in [-0.15, -0.1) is 0 Å². The first-order chi connectivity index (χ1) is 6.33. The SMILES string of the molecule is C[C@H](NCCOCC(F)(F)F)C(=O)O. The van der Waals surface area contributed by atoms with Gasteiger partial charge in [0.2, 0.25) is 0 Å². The summed E-state index contributed by atoms with van der Waals surface area (Å²) in [4.78, 5) is 10.2. The minimum absolute atomic E-state index is 0.0730. The van der Waals surface area contributed by atoms with Gasteiger partial charge < -0.3 is 15.2 Å². The molecular weight excluding hydrogens is 203 g/mol. The summed E-state index contributed by atoms with van der Waals surface area (Å²) in [6.07, 6.45) is -4.33. The van der Waals surface area contributed by atoms with Crippen molar-refractivity contribution in [2.75, 3.05) is 19.8 Å². The highest BCUT2D eigenvalue weighted by Gasteiger charge is 2.27.